The Bertz CT molecular complexity index is 696. The highest BCUT2D eigenvalue weighted by molar-refractivity contribution is 7.89. The van der Waals surface area contributed by atoms with Crippen molar-refractivity contribution in [1.82, 2.24) is 19.7 Å². The monoisotopic (exact) mass is 330 g/mol. The molecule has 5 atom stereocenters. The Balaban J connectivity index is 2.09. The van der Waals surface area contributed by atoms with Crippen molar-refractivity contribution in [2.24, 2.45) is 5.14 Å². The highest BCUT2D eigenvalue weighted by atomic mass is 32.2. The van der Waals surface area contributed by atoms with Gasteiger partial charge in [0.25, 0.3) is 5.03 Å². The number of nitrogens with zero attached hydrogens (tertiary/aromatic N) is 4. The van der Waals surface area contributed by atoms with E-state index in [1.54, 1.807) is 0 Å². The molecule has 11 nitrogen and oxygen atoms in total. The Morgan fingerprint density at radius 2 is 2.09 bits per heavy atom. The van der Waals surface area contributed by atoms with E-state index in [4.69, 9.17) is 20.7 Å². The summed E-state index contributed by atoms with van der Waals surface area (Å²) in [6.45, 7) is -0.469. The van der Waals surface area contributed by atoms with Crippen LogP contribution in [-0.2, 0) is 16.1 Å². The van der Waals surface area contributed by atoms with E-state index in [9.17, 15) is 14.8 Å². The van der Waals surface area contributed by atoms with Crippen LogP contribution in [0.15, 0.2) is 11.2 Å². The van der Waals surface area contributed by atoms with E-state index < -0.39 is 42.5 Å². The molecule has 1 aliphatic rings. The normalized spacial score (nSPS) is 30.0. The molecule has 3 heterocycles. The highest BCUT2D eigenvalue weighted by Gasteiger charge is 2.44. The summed E-state index contributed by atoms with van der Waals surface area (Å²) in [5, 5.41) is 38.6. The van der Waals surface area contributed by atoms with Crippen LogP contribution in [0.5, 0.6) is 0 Å². The van der Waals surface area contributed by atoms with E-state index in [-0.39, 0.29) is 22.0 Å². The van der Waals surface area contributed by atoms with Gasteiger partial charge in [-0.05, 0) is 0 Å². The largest absolute Gasteiger partial charge is 0.592 e. The SMILES string of the molecule is Nc1nc([S+](N)[O-])c2cnn([C@@H]3O[C@H](CO)[C@@H](O)[C@H]3O)c2n1. The summed E-state index contributed by atoms with van der Waals surface area (Å²) in [5.74, 6) is -0.171. The van der Waals surface area contributed by atoms with Crippen LogP contribution in [0.25, 0.3) is 11.0 Å². The summed E-state index contributed by atoms with van der Waals surface area (Å²) in [5.41, 5.74) is 5.71. The fourth-order valence-corrected chi connectivity index (χ4v) is 2.88. The predicted molar refractivity (Wildman–Crippen MR) is 73.3 cm³/mol. The molecule has 1 saturated heterocycles. The minimum absolute atomic E-state index is 0.000457. The number of hydrogen-bond donors (Lipinski definition) is 5. The van der Waals surface area contributed by atoms with Crippen molar-refractivity contribution >= 4 is 28.3 Å². The van der Waals surface area contributed by atoms with E-state index in [1.165, 1.54) is 10.9 Å². The van der Waals surface area contributed by atoms with Gasteiger partial charge in [0, 0.05) is 0 Å². The van der Waals surface area contributed by atoms with Crippen LogP contribution in [0.2, 0.25) is 0 Å². The van der Waals surface area contributed by atoms with Crippen LogP contribution in [-0.4, -0.2) is 64.5 Å². The number of nitrogens with two attached hydrogens (primary N) is 2. The second kappa shape index (κ2) is 5.58. The standard InChI is InChI=1S/C10H14N6O5S/c11-10-14-7-3(8(15-10)22(12)20)1-13-16(7)9-6(19)5(18)4(2-17)21-9/h1,4-6,9,17-19H,2,12H2,(H2,11,14,15)/t4-,5-,6-,9-,22?/m1/s1. The summed E-state index contributed by atoms with van der Waals surface area (Å²) in [6, 6.07) is 0. The summed E-state index contributed by atoms with van der Waals surface area (Å²) in [6.07, 6.45) is -3.34. The number of aliphatic hydroxyl groups is 3. The van der Waals surface area contributed by atoms with Gasteiger partial charge in [0.2, 0.25) is 5.95 Å². The average molecular weight is 330 g/mol. The molecule has 0 spiro atoms. The lowest BCUT2D eigenvalue weighted by Gasteiger charge is -2.15. The third-order valence-electron chi connectivity index (χ3n) is 3.38. The fraction of sp³-hybridized carbons (Fsp3) is 0.500. The maximum Gasteiger partial charge on any atom is 0.281 e. The van der Waals surface area contributed by atoms with Crippen LogP contribution in [0.3, 0.4) is 0 Å². The van der Waals surface area contributed by atoms with Gasteiger partial charge < -0.3 is 30.3 Å². The van der Waals surface area contributed by atoms with E-state index in [0.717, 1.165) is 0 Å². The number of anilines is 1. The van der Waals surface area contributed by atoms with Gasteiger partial charge in [0.1, 0.15) is 23.7 Å². The minimum atomic E-state index is -1.90. The zero-order chi connectivity index (χ0) is 16.0. The van der Waals surface area contributed by atoms with Crippen molar-refractivity contribution < 1.29 is 24.6 Å². The van der Waals surface area contributed by atoms with Gasteiger partial charge in [0.05, 0.1) is 24.2 Å². The molecule has 2 aromatic rings. The molecule has 22 heavy (non-hydrogen) atoms. The molecule has 120 valence electrons. The first-order valence-electron chi connectivity index (χ1n) is 6.23. The molecule has 2 aromatic heterocycles. The summed E-state index contributed by atoms with van der Waals surface area (Å²) in [4.78, 5) is 7.78. The molecule has 1 unspecified atom stereocenters. The number of rotatable bonds is 3. The fourth-order valence-electron chi connectivity index (χ4n) is 2.34. The Hall–Kier alpha value is -1.54. The number of ether oxygens (including phenoxy) is 1. The Morgan fingerprint density at radius 3 is 2.68 bits per heavy atom. The third kappa shape index (κ3) is 2.30. The number of hydrogen-bond acceptors (Lipinski definition) is 10. The molecule has 0 saturated carbocycles. The van der Waals surface area contributed by atoms with Crippen LogP contribution in [0.1, 0.15) is 6.23 Å². The molecule has 1 aliphatic heterocycles. The Labute approximate surface area is 126 Å². The van der Waals surface area contributed by atoms with Gasteiger partial charge >= 0.3 is 0 Å². The number of aliphatic hydroxyl groups excluding tert-OH is 3. The molecule has 0 aliphatic carbocycles. The van der Waals surface area contributed by atoms with Crippen LogP contribution < -0.4 is 10.9 Å². The molecule has 0 amide bonds. The van der Waals surface area contributed by atoms with Crippen LogP contribution in [0, 0.1) is 0 Å². The summed E-state index contributed by atoms with van der Waals surface area (Å²) >= 11 is -1.90. The lowest BCUT2D eigenvalue weighted by molar-refractivity contribution is -0.0566. The van der Waals surface area contributed by atoms with E-state index in [1.807, 2.05) is 0 Å². The summed E-state index contributed by atoms with van der Waals surface area (Å²) < 4.78 is 18.1. The molecule has 3 rings (SSSR count). The molecule has 0 bridgehead atoms. The number of nitrogen functional groups attached to an aromatic ring is 1. The number of fused-ring (bicyclic) bond motifs is 1. The highest BCUT2D eigenvalue weighted by Crippen LogP contribution is 2.31. The van der Waals surface area contributed by atoms with E-state index in [2.05, 4.69) is 15.1 Å². The third-order valence-corrected chi connectivity index (χ3v) is 4.08. The smallest absolute Gasteiger partial charge is 0.281 e. The van der Waals surface area contributed by atoms with Gasteiger partial charge in [-0.2, -0.15) is 15.1 Å². The van der Waals surface area contributed by atoms with Crippen molar-refractivity contribution in [2.45, 2.75) is 29.6 Å². The summed E-state index contributed by atoms with van der Waals surface area (Å²) in [7, 11) is 0. The second-order valence-corrected chi connectivity index (χ2v) is 5.72. The van der Waals surface area contributed by atoms with Crippen LogP contribution >= 0.6 is 0 Å². The van der Waals surface area contributed by atoms with Crippen molar-refractivity contribution in [2.75, 3.05) is 12.3 Å². The predicted octanol–water partition coefficient (Wildman–Crippen LogP) is -3.00. The van der Waals surface area contributed by atoms with E-state index in [0.29, 0.717) is 0 Å². The molecule has 12 heteroatoms. The maximum absolute atomic E-state index is 11.5. The quantitative estimate of drug-likeness (QED) is 0.286. The lowest BCUT2D eigenvalue weighted by atomic mass is 10.1. The molecule has 0 aromatic carbocycles. The zero-order valence-electron chi connectivity index (χ0n) is 11.1. The van der Waals surface area contributed by atoms with Crippen molar-refractivity contribution in [3.8, 4) is 0 Å². The van der Waals surface area contributed by atoms with Crippen molar-refractivity contribution in [3.63, 3.8) is 0 Å². The van der Waals surface area contributed by atoms with Gasteiger partial charge in [-0.3, -0.25) is 0 Å². The first-order valence-corrected chi connectivity index (χ1v) is 7.44. The molecule has 0 radical (unpaired) electrons. The molecule has 1 fully saturated rings. The van der Waals surface area contributed by atoms with Crippen molar-refractivity contribution in [3.05, 3.63) is 6.20 Å². The molecular formula is C10H14N6O5S. The van der Waals surface area contributed by atoms with Gasteiger partial charge in [-0.1, -0.05) is 0 Å². The van der Waals surface area contributed by atoms with Crippen LogP contribution in [0.4, 0.5) is 5.95 Å². The molecule has 7 N–H and O–H groups in total. The zero-order valence-corrected chi connectivity index (χ0v) is 11.9. The van der Waals surface area contributed by atoms with Gasteiger partial charge in [-0.25, -0.2) is 4.68 Å². The van der Waals surface area contributed by atoms with Crippen molar-refractivity contribution in [1.29, 1.82) is 0 Å². The van der Waals surface area contributed by atoms with Gasteiger partial charge in [0.15, 0.2) is 11.9 Å². The average Bonchev–Trinajstić information content (AvgIpc) is 3.00. The topological polar surface area (TPSA) is 189 Å². The van der Waals surface area contributed by atoms with E-state index >= 15 is 0 Å². The Kier molecular flexibility index (Phi) is 3.90. The first kappa shape index (κ1) is 15.4. The maximum atomic E-state index is 11.5. The first-order chi connectivity index (χ1) is 10.4. The lowest BCUT2D eigenvalue weighted by Crippen LogP contribution is -2.33. The molecular weight excluding hydrogens is 316 g/mol. The Morgan fingerprint density at radius 1 is 1.36 bits per heavy atom. The van der Waals surface area contributed by atoms with Gasteiger partial charge in [-0.15, -0.1) is 5.14 Å². The number of aromatic nitrogens is 4. The minimum Gasteiger partial charge on any atom is -0.592 e. The second-order valence-electron chi connectivity index (χ2n) is 4.74.